The van der Waals surface area contributed by atoms with Crippen molar-refractivity contribution in [2.45, 2.75) is 24.2 Å². The van der Waals surface area contributed by atoms with Gasteiger partial charge in [0, 0.05) is 31.0 Å². The number of halogens is 1. The normalized spacial score (nSPS) is 14.5. The summed E-state index contributed by atoms with van der Waals surface area (Å²) in [6.45, 7) is 5.03. The number of hydrogen-bond acceptors (Lipinski definition) is 4. The summed E-state index contributed by atoms with van der Waals surface area (Å²) in [5.74, 6) is -1.37. The summed E-state index contributed by atoms with van der Waals surface area (Å²) in [5, 5.41) is 2.71. The standard InChI is InChI=1S/C22H26FN3O3S/c1-2-14-26(30(28,29)21-9-5-4-8-20(21)23)17-22(27)24-18-10-12-19(13-11-18)25-15-6-3-7-16-25/h2,4-5,8-13H,1,3,6-7,14-17H2,(H,24,27). The number of piperidine rings is 1. The number of carbonyl (C=O) groups excluding carboxylic acids is 1. The van der Waals surface area contributed by atoms with Gasteiger partial charge in [-0.1, -0.05) is 18.2 Å². The molecule has 2 aromatic carbocycles. The van der Waals surface area contributed by atoms with Gasteiger partial charge < -0.3 is 10.2 Å². The zero-order valence-corrected chi connectivity index (χ0v) is 17.6. The lowest BCUT2D eigenvalue weighted by Gasteiger charge is -2.28. The van der Waals surface area contributed by atoms with E-state index in [1.165, 1.54) is 43.5 Å². The van der Waals surface area contributed by atoms with E-state index in [0.29, 0.717) is 5.69 Å². The molecule has 1 aliphatic heterocycles. The molecule has 3 rings (SSSR count). The summed E-state index contributed by atoms with van der Waals surface area (Å²) in [7, 11) is -4.18. The molecule has 1 N–H and O–H groups in total. The molecule has 0 atom stereocenters. The average molecular weight is 432 g/mol. The number of sulfonamides is 1. The lowest BCUT2D eigenvalue weighted by Crippen LogP contribution is -2.38. The van der Waals surface area contributed by atoms with E-state index in [2.05, 4.69) is 16.8 Å². The van der Waals surface area contributed by atoms with E-state index in [1.807, 2.05) is 12.1 Å². The van der Waals surface area contributed by atoms with Crippen LogP contribution in [0.1, 0.15) is 19.3 Å². The van der Waals surface area contributed by atoms with Gasteiger partial charge in [-0.25, -0.2) is 12.8 Å². The fourth-order valence-electron chi connectivity index (χ4n) is 3.45. The Bertz CT molecular complexity index is 987. The molecule has 1 saturated heterocycles. The maximum Gasteiger partial charge on any atom is 0.246 e. The van der Waals surface area contributed by atoms with Gasteiger partial charge in [-0.3, -0.25) is 4.79 Å². The summed E-state index contributed by atoms with van der Waals surface area (Å²) in [5.41, 5.74) is 1.67. The van der Waals surface area contributed by atoms with Crippen molar-refractivity contribution in [3.8, 4) is 0 Å². The van der Waals surface area contributed by atoms with Crippen LogP contribution < -0.4 is 10.2 Å². The van der Waals surface area contributed by atoms with Gasteiger partial charge in [0.05, 0.1) is 6.54 Å². The van der Waals surface area contributed by atoms with Crippen molar-refractivity contribution in [1.82, 2.24) is 4.31 Å². The molecule has 0 bridgehead atoms. The molecule has 8 heteroatoms. The Morgan fingerprint density at radius 3 is 2.40 bits per heavy atom. The van der Waals surface area contributed by atoms with Gasteiger partial charge in [-0.2, -0.15) is 4.31 Å². The number of amides is 1. The van der Waals surface area contributed by atoms with E-state index in [1.54, 1.807) is 12.1 Å². The average Bonchev–Trinajstić information content (AvgIpc) is 2.75. The van der Waals surface area contributed by atoms with Gasteiger partial charge in [-0.05, 0) is 55.7 Å². The molecule has 6 nitrogen and oxygen atoms in total. The second-order valence-corrected chi connectivity index (χ2v) is 9.07. The predicted molar refractivity (Wildman–Crippen MR) is 116 cm³/mol. The Balaban J connectivity index is 1.68. The molecule has 30 heavy (non-hydrogen) atoms. The number of carbonyl (C=O) groups is 1. The van der Waals surface area contributed by atoms with Gasteiger partial charge in [-0.15, -0.1) is 6.58 Å². The molecule has 0 saturated carbocycles. The van der Waals surface area contributed by atoms with Gasteiger partial charge in [0.1, 0.15) is 10.7 Å². The smallest absolute Gasteiger partial charge is 0.246 e. The van der Waals surface area contributed by atoms with Gasteiger partial charge in [0.25, 0.3) is 0 Å². The zero-order chi connectivity index (χ0) is 21.6. The highest BCUT2D eigenvalue weighted by molar-refractivity contribution is 7.89. The molecule has 0 aliphatic carbocycles. The third-order valence-electron chi connectivity index (χ3n) is 4.98. The molecular weight excluding hydrogens is 405 g/mol. The van der Waals surface area contributed by atoms with Crippen LogP contribution in [-0.2, 0) is 14.8 Å². The molecule has 0 radical (unpaired) electrons. The van der Waals surface area contributed by atoms with Crippen molar-refractivity contribution in [3.63, 3.8) is 0 Å². The fraction of sp³-hybridized carbons (Fsp3) is 0.318. The lowest BCUT2D eigenvalue weighted by atomic mass is 10.1. The summed E-state index contributed by atoms with van der Waals surface area (Å²) in [4.78, 5) is 14.3. The number of anilines is 2. The maximum atomic E-state index is 14.0. The summed E-state index contributed by atoms with van der Waals surface area (Å²) >= 11 is 0. The summed E-state index contributed by atoms with van der Waals surface area (Å²) < 4.78 is 40.5. The van der Waals surface area contributed by atoms with Crippen LogP contribution in [0.25, 0.3) is 0 Å². The number of benzene rings is 2. The molecule has 1 fully saturated rings. The van der Waals surface area contributed by atoms with Crippen LogP contribution in [0.5, 0.6) is 0 Å². The number of rotatable bonds is 8. The Labute approximate surface area is 177 Å². The Kier molecular flexibility index (Phi) is 7.23. The molecule has 1 amide bonds. The minimum Gasteiger partial charge on any atom is -0.372 e. The number of hydrogen-bond donors (Lipinski definition) is 1. The third kappa shape index (κ3) is 5.25. The van der Waals surface area contributed by atoms with Crippen molar-refractivity contribution >= 4 is 27.3 Å². The fourth-order valence-corrected chi connectivity index (χ4v) is 4.89. The van der Waals surface area contributed by atoms with E-state index in [4.69, 9.17) is 0 Å². The van der Waals surface area contributed by atoms with Crippen LogP contribution in [-0.4, -0.2) is 44.8 Å². The first-order valence-corrected chi connectivity index (χ1v) is 11.4. The molecule has 2 aromatic rings. The Hall–Kier alpha value is -2.71. The van der Waals surface area contributed by atoms with Crippen molar-refractivity contribution in [2.75, 3.05) is 36.4 Å². The maximum absolute atomic E-state index is 14.0. The molecule has 0 aromatic heterocycles. The highest BCUT2D eigenvalue weighted by atomic mass is 32.2. The quantitative estimate of drug-likeness (QED) is 0.648. The van der Waals surface area contributed by atoms with E-state index in [-0.39, 0.29) is 6.54 Å². The van der Waals surface area contributed by atoms with Crippen LogP contribution in [0, 0.1) is 5.82 Å². The first-order valence-electron chi connectivity index (χ1n) is 9.92. The highest BCUT2D eigenvalue weighted by Gasteiger charge is 2.28. The SMILES string of the molecule is C=CCN(CC(=O)Nc1ccc(N2CCCCC2)cc1)S(=O)(=O)c1ccccc1F. The van der Waals surface area contributed by atoms with Crippen LogP contribution in [0.2, 0.25) is 0 Å². The number of nitrogens with one attached hydrogen (secondary N) is 1. The Morgan fingerprint density at radius 1 is 1.10 bits per heavy atom. The van der Waals surface area contributed by atoms with Gasteiger partial charge in [0.15, 0.2) is 0 Å². The van der Waals surface area contributed by atoms with E-state index in [0.717, 1.165) is 29.1 Å². The lowest BCUT2D eigenvalue weighted by molar-refractivity contribution is -0.116. The van der Waals surface area contributed by atoms with Crippen molar-refractivity contribution in [2.24, 2.45) is 0 Å². The summed E-state index contributed by atoms with van der Waals surface area (Å²) in [6.07, 6.45) is 4.96. The third-order valence-corrected chi connectivity index (χ3v) is 6.82. The largest absolute Gasteiger partial charge is 0.372 e. The molecular formula is C22H26FN3O3S. The predicted octanol–water partition coefficient (Wildman–Crippen LogP) is 3.63. The number of nitrogens with zero attached hydrogens (tertiary/aromatic N) is 2. The second-order valence-electron chi connectivity index (χ2n) is 7.16. The van der Waals surface area contributed by atoms with Gasteiger partial charge in [0.2, 0.25) is 15.9 Å². The van der Waals surface area contributed by atoms with Gasteiger partial charge >= 0.3 is 0 Å². The Morgan fingerprint density at radius 2 is 1.77 bits per heavy atom. The first kappa shape index (κ1) is 22.0. The molecule has 0 unspecified atom stereocenters. The van der Waals surface area contributed by atoms with Crippen LogP contribution in [0.3, 0.4) is 0 Å². The van der Waals surface area contributed by atoms with Crippen LogP contribution in [0.15, 0.2) is 66.1 Å². The summed E-state index contributed by atoms with van der Waals surface area (Å²) in [6, 6.07) is 12.6. The van der Waals surface area contributed by atoms with Crippen molar-refractivity contribution in [1.29, 1.82) is 0 Å². The van der Waals surface area contributed by atoms with E-state index < -0.39 is 33.2 Å². The van der Waals surface area contributed by atoms with Crippen LogP contribution in [0.4, 0.5) is 15.8 Å². The minimum absolute atomic E-state index is 0.113. The highest BCUT2D eigenvalue weighted by Crippen LogP contribution is 2.22. The van der Waals surface area contributed by atoms with Crippen molar-refractivity contribution < 1.29 is 17.6 Å². The molecule has 0 spiro atoms. The molecule has 1 heterocycles. The molecule has 1 aliphatic rings. The minimum atomic E-state index is -4.18. The second kappa shape index (κ2) is 9.86. The molecule has 160 valence electrons. The monoisotopic (exact) mass is 431 g/mol. The van der Waals surface area contributed by atoms with E-state index in [9.17, 15) is 17.6 Å². The first-order chi connectivity index (χ1) is 14.4. The van der Waals surface area contributed by atoms with E-state index >= 15 is 0 Å². The zero-order valence-electron chi connectivity index (χ0n) is 16.8. The van der Waals surface area contributed by atoms with Crippen molar-refractivity contribution in [3.05, 3.63) is 67.0 Å². The topological polar surface area (TPSA) is 69.7 Å². The van der Waals surface area contributed by atoms with Crippen LogP contribution >= 0.6 is 0 Å².